The van der Waals surface area contributed by atoms with Crippen molar-refractivity contribution >= 4 is 23.5 Å². The van der Waals surface area contributed by atoms with Gasteiger partial charge in [-0.15, -0.1) is 0 Å². The number of esters is 1. The molecular weight excluding hydrogens is 434 g/mol. The lowest BCUT2D eigenvalue weighted by Crippen LogP contribution is -2.57. The minimum Gasteiger partial charge on any atom is -0.468 e. The number of methoxy groups -OCH3 is 1. The lowest BCUT2D eigenvalue weighted by molar-refractivity contribution is -0.177. The zero-order chi connectivity index (χ0) is 24.9. The van der Waals surface area contributed by atoms with Crippen LogP contribution in [0.1, 0.15) is 33.6 Å². The van der Waals surface area contributed by atoms with E-state index in [1.807, 2.05) is 30.3 Å². The van der Waals surface area contributed by atoms with Gasteiger partial charge in [-0.1, -0.05) is 38.6 Å². The van der Waals surface area contributed by atoms with Gasteiger partial charge in [0.05, 0.1) is 19.3 Å². The highest BCUT2D eigenvalue weighted by Crippen LogP contribution is 2.40. The predicted octanol–water partition coefficient (Wildman–Crippen LogP) is 3.34. The quantitative estimate of drug-likeness (QED) is 0.373. The average molecular weight is 472 g/mol. The van der Waals surface area contributed by atoms with Crippen LogP contribution in [0.3, 0.4) is 0 Å². The highest BCUT2D eigenvalue weighted by atomic mass is 16.5. The Balaban J connectivity index is 1.59. The van der Waals surface area contributed by atoms with Gasteiger partial charge >= 0.3 is 12.0 Å². The number of amides is 2. The molecule has 0 spiro atoms. The van der Waals surface area contributed by atoms with Gasteiger partial charge in [0.25, 0.3) is 0 Å². The summed E-state index contributed by atoms with van der Waals surface area (Å²) < 4.78 is 11.3. The number of hydrogen-bond acceptors (Lipinski definition) is 6. The molecule has 8 heteroatoms. The fraction of sp³-hybridized carbons (Fsp3) is 0.577. The van der Waals surface area contributed by atoms with Crippen LogP contribution in [-0.2, 0) is 19.1 Å². The highest BCUT2D eigenvalue weighted by Gasteiger charge is 2.55. The van der Waals surface area contributed by atoms with E-state index in [2.05, 4.69) is 30.6 Å². The Morgan fingerprint density at radius 2 is 1.85 bits per heavy atom. The van der Waals surface area contributed by atoms with Gasteiger partial charge in [0.2, 0.25) is 0 Å². The summed E-state index contributed by atoms with van der Waals surface area (Å²) in [6, 6.07) is 9.28. The van der Waals surface area contributed by atoms with Gasteiger partial charge in [-0.25, -0.2) is 4.79 Å². The molecule has 3 atom stereocenters. The molecule has 0 bridgehead atoms. The average Bonchev–Trinajstić information content (AvgIpc) is 2.83. The van der Waals surface area contributed by atoms with Crippen molar-refractivity contribution in [2.24, 2.45) is 11.3 Å². The number of piperazine rings is 1. The van der Waals surface area contributed by atoms with Gasteiger partial charge in [0.1, 0.15) is 0 Å². The van der Waals surface area contributed by atoms with Crippen LogP contribution in [0, 0.1) is 11.3 Å². The van der Waals surface area contributed by atoms with E-state index in [1.54, 1.807) is 11.8 Å². The molecule has 0 saturated carbocycles. The van der Waals surface area contributed by atoms with Gasteiger partial charge in [-0.3, -0.25) is 14.5 Å². The molecule has 1 N–H and O–H groups in total. The number of urea groups is 1. The predicted molar refractivity (Wildman–Crippen MR) is 130 cm³/mol. The molecule has 2 aliphatic heterocycles. The maximum absolute atomic E-state index is 13.2. The number of para-hydroxylation sites is 1. The molecule has 2 fully saturated rings. The number of Topliss-reactive ketones (excluding diaryl/α,β-unsaturated/α-hetero) is 1. The Morgan fingerprint density at radius 1 is 1.21 bits per heavy atom. The second-order valence-electron chi connectivity index (χ2n) is 9.70. The van der Waals surface area contributed by atoms with Crippen LogP contribution < -0.4 is 5.32 Å². The third-order valence-electron chi connectivity index (χ3n) is 6.81. The molecule has 1 aromatic rings. The fourth-order valence-corrected chi connectivity index (χ4v) is 4.66. The number of hydrogen-bond donors (Lipinski definition) is 1. The minimum atomic E-state index is -1.41. The van der Waals surface area contributed by atoms with Crippen molar-refractivity contribution in [2.45, 2.75) is 45.8 Å². The molecule has 34 heavy (non-hydrogen) atoms. The van der Waals surface area contributed by atoms with Crippen molar-refractivity contribution in [3.63, 3.8) is 0 Å². The number of carbonyl (C=O) groups is 3. The van der Waals surface area contributed by atoms with Crippen LogP contribution in [0.25, 0.3) is 0 Å². The fourth-order valence-electron chi connectivity index (χ4n) is 4.66. The second kappa shape index (κ2) is 11.1. The first-order valence-electron chi connectivity index (χ1n) is 12.0. The maximum Gasteiger partial charge on any atom is 0.322 e. The SMILES string of the molecule is C=C1C(=O)[C@](C)(C(=O)OC)[C@@H](CCN2CCN(C(=O)Nc3ccccc3)CC2)O[C@H]1CC(C)C. The molecule has 3 rings (SSSR count). The molecule has 1 aromatic carbocycles. The summed E-state index contributed by atoms with van der Waals surface area (Å²) in [7, 11) is 1.29. The number of anilines is 1. The number of nitrogens with one attached hydrogen (secondary N) is 1. The summed E-state index contributed by atoms with van der Waals surface area (Å²) in [5, 5.41) is 2.92. The third kappa shape index (κ3) is 5.67. The van der Waals surface area contributed by atoms with Crippen LogP contribution in [0.15, 0.2) is 42.5 Å². The van der Waals surface area contributed by atoms with Crippen LogP contribution in [0.2, 0.25) is 0 Å². The normalized spacial score (nSPS) is 26.0. The van der Waals surface area contributed by atoms with E-state index in [1.165, 1.54) is 7.11 Å². The first-order chi connectivity index (χ1) is 16.2. The molecule has 0 radical (unpaired) electrons. The zero-order valence-corrected chi connectivity index (χ0v) is 20.7. The van der Waals surface area contributed by atoms with E-state index in [9.17, 15) is 14.4 Å². The molecule has 2 amide bonds. The van der Waals surface area contributed by atoms with Crippen LogP contribution in [0.4, 0.5) is 10.5 Å². The van der Waals surface area contributed by atoms with Crippen LogP contribution in [-0.4, -0.2) is 79.6 Å². The molecule has 2 saturated heterocycles. The van der Waals surface area contributed by atoms with Crippen LogP contribution in [0.5, 0.6) is 0 Å². The Kier molecular flexibility index (Phi) is 8.49. The summed E-state index contributed by atoms with van der Waals surface area (Å²) in [4.78, 5) is 42.5. The van der Waals surface area contributed by atoms with Crippen molar-refractivity contribution in [3.8, 4) is 0 Å². The lowest BCUT2D eigenvalue weighted by Gasteiger charge is -2.43. The van der Waals surface area contributed by atoms with E-state index in [0.717, 1.165) is 5.69 Å². The van der Waals surface area contributed by atoms with Crippen molar-refractivity contribution in [3.05, 3.63) is 42.5 Å². The molecule has 0 aliphatic carbocycles. The van der Waals surface area contributed by atoms with E-state index in [4.69, 9.17) is 9.47 Å². The molecule has 2 heterocycles. The molecule has 0 aromatic heterocycles. The largest absolute Gasteiger partial charge is 0.468 e. The first kappa shape index (κ1) is 25.9. The van der Waals surface area contributed by atoms with E-state index in [-0.39, 0.29) is 11.8 Å². The van der Waals surface area contributed by atoms with Gasteiger partial charge in [0, 0.05) is 44.0 Å². The van der Waals surface area contributed by atoms with Crippen molar-refractivity contribution in [1.82, 2.24) is 9.80 Å². The number of ether oxygens (including phenoxy) is 2. The molecule has 2 aliphatic rings. The zero-order valence-electron chi connectivity index (χ0n) is 20.7. The second-order valence-corrected chi connectivity index (χ2v) is 9.70. The lowest BCUT2D eigenvalue weighted by atomic mass is 9.72. The Bertz CT molecular complexity index is 895. The monoisotopic (exact) mass is 471 g/mol. The topological polar surface area (TPSA) is 88.2 Å². The maximum atomic E-state index is 13.2. The summed E-state index contributed by atoms with van der Waals surface area (Å²) in [5.41, 5.74) is -0.291. The number of carbonyl (C=O) groups excluding carboxylic acids is 3. The highest BCUT2D eigenvalue weighted by molar-refractivity contribution is 6.13. The van der Waals surface area contributed by atoms with Gasteiger partial charge in [-0.05, 0) is 37.8 Å². The molecular formula is C26H37N3O5. The molecule has 8 nitrogen and oxygen atoms in total. The van der Waals surface area contributed by atoms with E-state index >= 15 is 0 Å². The minimum absolute atomic E-state index is 0.111. The van der Waals surface area contributed by atoms with Crippen LogP contribution >= 0.6 is 0 Å². The standard InChI is InChI=1S/C26H37N3O5/c1-18(2)17-21-19(3)23(30)26(4,24(31)33-5)22(34-21)11-12-28-13-15-29(16-14-28)25(32)27-20-9-7-6-8-10-20/h6-10,18,21-22H,3,11-17H2,1-2,4-5H3,(H,27,32)/t21-,22+,26+/m0/s1. The van der Waals surface area contributed by atoms with Crippen molar-refractivity contribution < 1.29 is 23.9 Å². The molecule has 0 unspecified atom stereocenters. The van der Waals surface area contributed by atoms with Gasteiger partial charge in [-0.2, -0.15) is 0 Å². The third-order valence-corrected chi connectivity index (χ3v) is 6.81. The number of benzene rings is 1. The number of ketones is 1. The van der Waals surface area contributed by atoms with Gasteiger partial charge < -0.3 is 19.7 Å². The summed E-state index contributed by atoms with van der Waals surface area (Å²) in [6.07, 6.45) is 0.193. The van der Waals surface area contributed by atoms with E-state index < -0.39 is 23.6 Å². The first-order valence-corrected chi connectivity index (χ1v) is 12.0. The smallest absolute Gasteiger partial charge is 0.322 e. The van der Waals surface area contributed by atoms with Crippen molar-refractivity contribution in [2.75, 3.05) is 45.2 Å². The Morgan fingerprint density at radius 3 is 2.44 bits per heavy atom. The summed E-state index contributed by atoms with van der Waals surface area (Å²) in [6.45, 7) is 13.0. The Labute approximate surface area is 202 Å². The Hall–Kier alpha value is -2.71. The summed E-state index contributed by atoms with van der Waals surface area (Å²) >= 11 is 0. The van der Waals surface area contributed by atoms with Crippen molar-refractivity contribution in [1.29, 1.82) is 0 Å². The van der Waals surface area contributed by atoms with E-state index in [0.29, 0.717) is 57.1 Å². The number of rotatable bonds is 7. The van der Waals surface area contributed by atoms with Gasteiger partial charge in [0.15, 0.2) is 11.2 Å². The summed E-state index contributed by atoms with van der Waals surface area (Å²) in [5.74, 6) is -0.550. The molecule has 186 valence electrons. The number of nitrogens with zero attached hydrogens (tertiary/aromatic N) is 2.